The molecule has 2 aromatic rings. The van der Waals surface area contributed by atoms with Gasteiger partial charge in [0.15, 0.2) is 0 Å². The Balaban J connectivity index is 2.68. The van der Waals surface area contributed by atoms with Crippen LogP contribution in [0.2, 0.25) is 0 Å². The second-order valence-corrected chi connectivity index (χ2v) is 8.72. The van der Waals surface area contributed by atoms with Crippen molar-refractivity contribution in [1.82, 2.24) is 5.32 Å². The van der Waals surface area contributed by atoms with Gasteiger partial charge in [-0.15, -0.1) is 0 Å². The number of carbonyl (C=O) groups excluding carboxylic acids is 2. The molecule has 0 radical (unpaired) electrons. The fourth-order valence-corrected chi connectivity index (χ4v) is 3.43. The number of aryl methyl sites for hydroxylation is 1. The molecule has 0 fully saturated rings. The third kappa shape index (κ3) is 5.59. The number of anilines is 1. The summed E-state index contributed by atoms with van der Waals surface area (Å²) >= 11 is 2.17. The summed E-state index contributed by atoms with van der Waals surface area (Å²) in [6.07, 6.45) is 0. The first-order valence-electron chi connectivity index (χ1n) is 9.03. The fraction of sp³-hybridized carbons (Fsp3) is 0.304. The molecule has 1 unspecified atom stereocenters. The van der Waals surface area contributed by atoms with E-state index in [4.69, 9.17) is 0 Å². The number of halogens is 1. The van der Waals surface area contributed by atoms with Crippen molar-refractivity contribution in [3.05, 3.63) is 63.2 Å². The van der Waals surface area contributed by atoms with Crippen LogP contribution in [-0.2, 0) is 9.59 Å². The molecule has 0 saturated heterocycles. The van der Waals surface area contributed by atoms with E-state index in [9.17, 15) is 9.59 Å². The number of hydrogen-bond acceptors (Lipinski definition) is 2. The number of benzene rings is 2. The normalized spacial score (nSPS) is 11.8. The van der Waals surface area contributed by atoms with Crippen molar-refractivity contribution in [2.45, 2.75) is 46.2 Å². The predicted molar refractivity (Wildman–Crippen MR) is 122 cm³/mol. The number of rotatable bonds is 4. The Kier molecular flexibility index (Phi) is 7.25. The zero-order valence-corrected chi connectivity index (χ0v) is 19.0. The molecule has 0 aromatic heterocycles. The maximum atomic E-state index is 13.3. The first-order chi connectivity index (χ1) is 13.1. The Morgan fingerprint density at radius 3 is 2.21 bits per heavy atom. The Morgan fingerprint density at radius 2 is 1.68 bits per heavy atom. The van der Waals surface area contributed by atoms with Gasteiger partial charge in [0, 0.05) is 9.11 Å². The van der Waals surface area contributed by atoms with Crippen LogP contribution in [0.25, 0.3) is 0 Å². The van der Waals surface area contributed by atoms with Crippen molar-refractivity contribution >= 4 is 40.1 Å². The molecule has 4 nitrogen and oxygen atoms in total. The summed E-state index contributed by atoms with van der Waals surface area (Å²) in [5.41, 5.74) is 2.04. The number of nitrogens with one attached hydrogen (secondary N) is 1. The van der Waals surface area contributed by atoms with Crippen LogP contribution in [0.1, 0.15) is 44.9 Å². The first-order valence-corrected chi connectivity index (χ1v) is 10.1. The van der Waals surface area contributed by atoms with Crippen LogP contribution in [-0.4, -0.2) is 17.4 Å². The van der Waals surface area contributed by atoms with Crippen molar-refractivity contribution in [1.29, 1.82) is 0 Å². The molecule has 2 amide bonds. The number of carbonyl (C=O) groups is 2. The predicted octanol–water partition coefficient (Wildman–Crippen LogP) is 4.61. The number of nitrogens with zero attached hydrogens (tertiary/aromatic N) is 1. The zero-order chi connectivity index (χ0) is 20.9. The Labute approximate surface area is 180 Å². The Bertz CT molecular complexity index is 918. The second-order valence-electron chi connectivity index (χ2n) is 7.55. The number of para-hydroxylation sites is 1. The molecule has 5 heteroatoms. The molecule has 0 aliphatic carbocycles. The summed E-state index contributed by atoms with van der Waals surface area (Å²) in [4.78, 5) is 27.8. The van der Waals surface area contributed by atoms with E-state index < -0.39 is 17.5 Å². The van der Waals surface area contributed by atoms with E-state index in [0.717, 1.165) is 14.7 Å². The van der Waals surface area contributed by atoms with Crippen LogP contribution >= 0.6 is 22.6 Å². The van der Waals surface area contributed by atoms with Gasteiger partial charge in [-0.25, -0.2) is 0 Å². The number of amides is 2. The molecule has 1 N–H and O–H groups in total. The molecule has 1 atom stereocenters. The summed E-state index contributed by atoms with van der Waals surface area (Å²) in [6.45, 7) is 9.35. The van der Waals surface area contributed by atoms with E-state index in [1.54, 1.807) is 6.92 Å². The largest absolute Gasteiger partial charge is 0.349 e. The topological polar surface area (TPSA) is 49.4 Å². The van der Waals surface area contributed by atoms with Gasteiger partial charge in [-0.2, -0.15) is 0 Å². The smallest absolute Gasteiger partial charge is 0.303 e. The highest BCUT2D eigenvalue weighted by molar-refractivity contribution is 14.1. The lowest BCUT2D eigenvalue weighted by Crippen LogP contribution is -2.49. The van der Waals surface area contributed by atoms with E-state index in [0.29, 0.717) is 5.69 Å². The van der Waals surface area contributed by atoms with Crippen molar-refractivity contribution in [2.75, 3.05) is 4.90 Å². The zero-order valence-electron chi connectivity index (χ0n) is 16.8. The minimum absolute atomic E-state index is 0.248. The second kappa shape index (κ2) is 9.24. The van der Waals surface area contributed by atoms with Gasteiger partial charge < -0.3 is 5.32 Å². The molecule has 0 spiro atoms. The minimum atomic E-state index is -0.830. The van der Waals surface area contributed by atoms with E-state index in [2.05, 4.69) is 39.7 Å². The van der Waals surface area contributed by atoms with Crippen LogP contribution in [0.3, 0.4) is 0 Å². The molecule has 0 aliphatic heterocycles. The summed E-state index contributed by atoms with van der Waals surface area (Å²) < 4.78 is 0.868. The van der Waals surface area contributed by atoms with Crippen LogP contribution in [0.4, 0.5) is 5.69 Å². The average Bonchev–Trinajstić information content (AvgIpc) is 2.60. The lowest BCUT2D eigenvalue weighted by atomic mass is 9.99. The van der Waals surface area contributed by atoms with Crippen molar-refractivity contribution in [3.8, 4) is 11.8 Å². The lowest BCUT2D eigenvalue weighted by Gasteiger charge is -2.33. The highest BCUT2D eigenvalue weighted by Gasteiger charge is 2.34. The lowest BCUT2D eigenvalue weighted by molar-refractivity contribution is -0.126. The third-order valence-electron chi connectivity index (χ3n) is 3.96. The summed E-state index contributed by atoms with van der Waals surface area (Å²) in [5.74, 6) is 4.61. The van der Waals surface area contributed by atoms with Crippen LogP contribution in [0.15, 0.2) is 48.5 Å². The molecule has 0 bridgehead atoms. The number of hydrogen-bond donors (Lipinski definition) is 1. The minimum Gasteiger partial charge on any atom is -0.349 e. The SMILES string of the molecule is CC#CC(=O)N(c1ccccc1I)C(C(=O)NC(C)(C)C)c1ccc(C)cc1. The van der Waals surface area contributed by atoms with Crippen molar-refractivity contribution in [2.24, 2.45) is 0 Å². The summed E-state index contributed by atoms with van der Waals surface area (Å²) in [5, 5.41) is 3.02. The van der Waals surface area contributed by atoms with E-state index in [1.165, 1.54) is 4.90 Å². The molecule has 28 heavy (non-hydrogen) atoms. The monoisotopic (exact) mass is 488 g/mol. The highest BCUT2D eigenvalue weighted by atomic mass is 127. The van der Waals surface area contributed by atoms with E-state index >= 15 is 0 Å². The van der Waals surface area contributed by atoms with Gasteiger partial charge in [0.05, 0.1) is 5.69 Å². The summed E-state index contributed by atoms with van der Waals surface area (Å²) in [7, 11) is 0. The summed E-state index contributed by atoms with van der Waals surface area (Å²) in [6, 6.07) is 14.3. The standard InChI is InChI=1S/C23H25IN2O2/c1-6-9-20(27)26(19-11-8-7-10-18(19)24)21(22(28)25-23(3,4)5)17-14-12-16(2)13-15-17/h7-8,10-15,21H,1-5H3,(H,25,28). The highest BCUT2D eigenvalue weighted by Crippen LogP contribution is 2.32. The van der Waals surface area contributed by atoms with E-state index in [1.807, 2.05) is 76.2 Å². The van der Waals surface area contributed by atoms with Crippen molar-refractivity contribution in [3.63, 3.8) is 0 Å². The molecule has 0 aliphatic rings. The fourth-order valence-electron chi connectivity index (χ4n) is 2.78. The van der Waals surface area contributed by atoms with Gasteiger partial charge in [0.1, 0.15) is 6.04 Å². The molecular weight excluding hydrogens is 463 g/mol. The van der Waals surface area contributed by atoms with Gasteiger partial charge in [-0.05, 0) is 80.8 Å². The molecule has 0 saturated carbocycles. The van der Waals surface area contributed by atoms with Crippen LogP contribution < -0.4 is 10.2 Å². The quantitative estimate of drug-likeness (QED) is 0.505. The van der Waals surface area contributed by atoms with Gasteiger partial charge in [0.25, 0.3) is 0 Å². The van der Waals surface area contributed by atoms with Gasteiger partial charge in [-0.3, -0.25) is 14.5 Å². The molecule has 2 aromatic carbocycles. The van der Waals surface area contributed by atoms with Crippen molar-refractivity contribution < 1.29 is 9.59 Å². The molecule has 0 heterocycles. The molecule has 146 valence electrons. The van der Waals surface area contributed by atoms with Crippen LogP contribution in [0, 0.1) is 22.3 Å². The van der Waals surface area contributed by atoms with Gasteiger partial charge >= 0.3 is 5.91 Å². The Hall–Kier alpha value is -2.33. The average molecular weight is 488 g/mol. The molecule has 2 rings (SSSR count). The maximum Gasteiger partial charge on any atom is 0.303 e. The molecular formula is C23H25IN2O2. The van der Waals surface area contributed by atoms with E-state index in [-0.39, 0.29) is 5.91 Å². The van der Waals surface area contributed by atoms with Gasteiger partial charge in [0.2, 0.25) is 5.91 Å². The first kappa shape index (κ1) is 22.0. The Morgan fingerprint density at radius 1 is 1.07 bits per heavy atom. The maximum absolute atomic E-state index is 13.3. The van der Waals surface area contributed by atoms with Crippen LogP contribution in [0.5, 0.6) is 0 Å². The third-order valence-corrected chi connectivity index (χ3v) is 4.87. The van der Waals surface area contributed by atoms with Gasteiger partial charge in [-0.1, -0.05) is 47.9 Å².